The summed E-state index contributed by atoms with van der Waals surface area (Å²) in [4.78, 5) is 19.9. The van der Waals surface area contributed by atoms with Gasteiger partial charge in [0.15, 0.2) is 11.5 Å². The maximum absolute atomic E-state index is 13.6. The summed E-state index contributed by atoms with van der Waals surface area (Å²) in [7, 11) is 1.59. The summed E-state index contributed by atoms with van der Waals surface area (Å²) in [6.07, 6.45) is 2.51. The minimum absolute atomic E-state index is 0.185. The molecule has 6 heteroatoms. The number of carboxylic acids is 1. The van der Waals surface area contributed by atoms with Gasteiger partial charge in [0.2, 0.25) is 0 Å². The van der Waals surface area contributed by atoms with Gasteiger partial charge in [-0.15, -0.1) is 0 Å². The molecule has 18 heavy (non-hydrogen) atoms. The highest BCUT2D eigenvalue weighted by Crippen LogP contribution is 2.23. The molecule has 2 rings (SSSR count). The van der Waals surface area contributed by atoms with Crippen molar-refractivity contribution in [2.45, 2.75) is 0 Å². The molecule has 1 aromatic heterocycles. The molecular weight excluding hydrogens is 237 g/mol. The Kier molecular flexibility index (Phi) is 3.18. The fraction of sp³-hybridized carbons (Fsp3) is 0.0833. The molecule has 5 nitrogen and oxygen atoms in total. The Labute approximate surface area is 103 Å². The standard InChI is InChI=1S/C12H10FN3O2/c1-16(10-5-3-2-4-8(10)13)11-7-14-6-9(15-11)12(17)18/h2-7H,1H3,(H,17,18). The molecule has 0 fully saturated rings. The van der Waals surface area contributed by atoms with E-state index in [-0.39, 0.29) is 11.5 Å². The summed E-state index contributed by atoms with van der Waals surface area (Å²) in [6.45, 7) is 0. The van der Waals surface area contributed by atoms with Gasteiger partial charge in [0.05, 0.1) is 18.1 Å². The van der Waals surface area contributed by atoms with E-state index < -0.39 is 11.8 Å². The first kappa shape index (κ1) is 12.0. The second-order valence-electron chi connectivity index (χ2n) is 3.58. The van der Waals surface area contributed by atoms with Crippen molar-refractivity contribution in [1.29, 1.82) is 0 Å². The van der Waals surface area contributed by atoms with Gasteiger partial charge in [-0.25, -0.2) is 14.2 Å². The molecule has 2 aromatic rings. The van der Waals surface area contributed by atoms with E-state index >= 15 is 0 Å². The number of hydrogen-bond acceptors (Lipinski definition) is 4. The zero-order chi connectivity index (χ0) is 13.1. The Morgan fingerprint density at radius 3 is 2.72 bits per heavy atom. The number of halogens is 1. The van der Waals surface area contributed by atoms with Gasteiger partial charge in [0.1, 0.15) is 5.82 Å². The van der Waals surface area contributed by atoms with Crippen LogP contribution < -0.4 is 4.90 Å². The number of aromatic carboxylic acids is 1. The van der Waals surface area contributed by atoms with Crippen molar-refractivity contribution < 1.29 is 14.3 Å². The minimum atomic E-state index is -1.17. The molecule has 0 aliphatic rings. The fourth-order valence-corrected chi connectivity index (χ4v) is 1.47. The zero-order valence-electron chi connectivity index (χ0n) is 9.54. The number of carboxylic acid groups (broad SMARTS) is 1. The predicted molar refractivity (Wildman–Crippen MR) is 63.5 cm³/mol. The first-order valence-corrected chi connectivity index (χ1v) is 5.13. The highest BCUT2D eigenvalue weighted by molar-refractivity contribution is 5.85. The summed E-state index contributed by atoms with van der Waals surface area (Å²) in [5, 5.41) is 8.82. The summed E-state index contributed by atoms with van der Waals surface area (Å²) >= 11 is 0. The van der Waals surface area contributed by atoms with Crippen molar-refractivity contribution in [3.8, 4) is 0 Å². The maximum Gasteiger partial charge on any atom is 0.356 e. The van der Waals surface area contributed by atoms with E-state index in [0.717, 1.165) is 6.20 Å². The summed E-state index contributed by atoms with van der Waals surface area (Å²) in [5.74, 6) is -1.33. The topological polar surface area (TPSA) is 66.3 Å². The number of hydrogen-bond donors (Lipinski definition) is 1. The van der Waals surface area contributed by atoms with E-state index in [9.17, 15) is 9.18 Å². The van der Waals surface area contributed by atoms with Crippen LogP contribution in [0.1, 0.15) is 10.5 Å². The second-order valence-corrected chi connectivity index (χ2v) is 3.58. The van der Waals surface area contributed by atoms with E-state index in [2.05, 4.69) is 9.97 Å². The van der Waals surface area contributed by atoms with Crippen LogP contribution in [0.15, 0.2) is 36.7 Å². The molecule has 1 N–H and O–H groups in total. The lowest BCUT2D eigenvalue weighted by atomic mass is 10.3. The number of anilines is 2. The number of rotatable bonds is 3. The Hall–Kier alpha value is -2.50. The summed E-state index contributed by atoms with van der Waals surface area (Å²) < 4.78 is 13.6. The van der Waals surface area contributed by atoms with E-state index in [0.29, 0.717) is 5.69 Å². The van der Waals surface area contributed by atoms with Crippen molar-refractivity contribution in [1.82, 2.24) is 9.97 Å². The van der Waals surface area contributed by atoms with E-state index in [4.69, 9.17) is 5.11 Å². The van der Waals surface area contributed by atoms with Gasteiger partial charge in [-0.2, -0.15) is 0 Å². The van der Waals surface area contributed by atoms with Crippen LogP contribution in [0.5, 0.6) is 0 Å². The largest absolute Gasteiger partial charge is 0.476 e. The number of para-hydroxylation sites is 1. The average Bonchev–Trinajstić information content (AvgIpc) is 2.38. The van der Waals surface area contributed by atoms with Crippen LogP contribution in [0.25, 0.3) is 0 Å². The van der Waals surface area contributed by atoms with Gasteiger partial charge in [0.25, 0.3) is 0 Å². The first-order valence-electron chi connectivity index (χ1n) is 5.13. The van der Waals surface area contributed by atoms with Gasteiger partial charge < -0.3 is 10.0 Å². The van der Waals surface area contributed by atoms with Crippen molar-refractivity contribution in [3.05, 3.63) is 48.2 Å². The van der Waals surface area contributed by atoms with Crippen LogP contribution in [-0.4, -0.2) is 28.1 Å². The van der Waals surface area contributed by atoms with Crippen LogP contribution in [0.2, 0.25) is 0 Å². The van der Waals surface area contributed by atoms with Gasteiger partial charge in [-0.3, -0.25) is 4.98 Å². The molecule has 0 bridgehead atoms. The molecule has 0 aliphatic heterocycles. The normalized spacial score (nSPS) is 10.1. The zero-order valence-corrected chi connectivity index (χ0v) is 9.54. The highest BCUT2D eigenvalue weighted by Gasteiger charge is 2.12. The van der Waals surface area contributed by atoms with Crippen LogP contribution in [-0.2, 0) is 0 Å². The summed E-state index contributed by atoms with van der Waals surface area (Å²) in [5.41, 5.74) is 0.116. The van der Waals surface area contributed by atoms with Crippen molar-refractivity contribution >= 4 is 17.5 Å². The van der Waals surface area contributed by atoms with Gasteiger partial charge in [-0.1, -0.05) is 12.1 Å². The first-order chi connectivity index (χ1) is 8.59. The molecule has 0 spiro atoms. The monoisotopic (exact) mass is 247 g/mol. The van der Waals surface area contributed by atoms with Crippen molar-refractivity contribution in [3.63, 3.8) is 0 Å². The van der Waals surface area contributed by atoms with E-state index in [1.54, 1.807) is 25.2 Å². The minimum Gasteiger partial charge on any atom is -0.476 e. The molecule has 0 amide bonds. The molecular formula is C12H10FN3O2. The van der Waals surface area contributed by atoms with Crippen LogP contribution in [0.3, 0.4) is 0 Å². The maximum atomic E-state index is 13.6. The third-order valence-corrected chi connectivity index (χ3v) is 2.40. The number of nitrogens with zero attached hydrogens (tertiary/aromatic N) is 3. The molecule has 0 radical (unpaired) electrons. The molecule has 0 unspecified atom stereocenters. The lowest BCUT2D eigenvalue weighted by Gasteiger charge is -2.18. The lowest BCUT2D eigenvalue weighted by Crippen LogP contribution is -2.15. The van der Waals surface area contributed by atoms with Crippen LogP contribution >= 0.6 is 0 Å². The Bertz CT molecular complexity index is 589. The smallest absolute Gasteiger partial charge is 0.356 e. The Morgan fingerprint density at radius 2 is 2.06 bits per heavy atom. The number of aromatic nitrogens is 2. The van der Waals surface area contributed by atoms with Gasteiger partial charge in [-0.05, 0) is 12.1 Å². The van der Waals surface area contributed by atoms with Crippen molar-refractivity contribution in [2.75, 3.05) is 11.9 Å². The molecule has 0 atom stereocenters. The molecule has 0 saturated carbocycles. The second kappa shape index (κ2) is 4.79. The van der Waals surface area contributed by atoms with Gasteiger partial charge >= 0.3 is 5.97 Å². The predicted octanol–water partition coefficient (Wildman–Crippen LogP) is 2.08. The molecule has 92 valence electrons. The molecule has 0 saturated heterocycles. The highest BCUT2D eigenvalue weighted by atomic mass is 19.1. The number of benzene rings is 1. The third kappa shape index (κ3) is 2.27. The molecule has 1 aromatic carbocycles. The quantitative estimate of drug-likeness (QED) is 0.899. The average molecular weight is 247 g/mol. The van der Waals surface area contributed by atoms with E-state index in [1.165, 1.54) is 17.2 Å². The number of carbonyl (C=O) groups is 1. The lowest BCUT2D eigenvalue weighted by molar-refractivity contribution is 0.0690. The SMILES string of the molecule is CN(c1cncc(C(=O)O)n1)c1ccccc1F. The fourth-order valence-electron chi connectivity index (χ4n) is 1.47. The van der Waals surface area contributed by atoms with Gasteiger partial charge in [0, 0.05) is 7.05 Å². The Morgan fingerprint density at radius 1 is 1.33 bits per heavy atom. The van der Waals surface area contributed by atoms with E-state index in [1.807, 2.05) is 0 Å². The molecule has 1 heterocycles. The molecule has 0 aliphatic carbocycles. The van der Waals surface area contributed by atoms with Crippen molar-refractivity contribution in [2.24, 2.45) is 0 Å². The van der Waals surface area contributed by atoms with Crippen LogP contribution in [0.4, 0.5) is 15.9 Å². The third-order valence-electron chi connectivity index (χ3n) is 2.40. The summed E-state index contributed by atoms with van der Waals surface area (Å²) in [6, 6.07) is 6.15. The van der Waals surface area contributed by atoms with Crippen LogP contribution in [0, 0.1) is 5.82 Å². The Balaban J connectivity index is 2.40.